The van der Waals surface area contributed by atoms with Crippen molar-refractivity contribution in [2.45, 2.75) is 32.4 Å². The van der Waals surface area contributed by atoms with Crippen LogP contribution < -0.4 is 10.1 Å². The van der Waals surface area contributed by atoms with E-state index in [0.717, 1.165) is 5.56 Å². The molecular weight excluding hydrogens is 262 g/mol. The Labute approximate surface area is 126 Å². The van der Waals surface area contributed by atoms with Crippen LogP contribution in [0.2, 0.25) is 0 Å². The first kappa shape index (κ1) is 15.1. The summed E-state index contributed by atoms with van der Waals surface area (Å²) in [7, 11) is 0. The third kappa shape index (κ3) is 3.63. The fraction of sp³-hybridized carbons (Fsp3) is 0.278. The lowest BCUT2D eigenvalue weighted by Crippen LogP contribution is -2.48. The van der Waals surface area contributed by atoms with E-state index in [0.29, 0.717) is 5.75 Å². The normalized spacial score (nSPS) is 13.5. The molecule has 2 aromatic carbocycles. The van der Waals surface area contributed by atoms with Crippen LogP contribution in [0.1, 0.15) is 26.3 Å². The summed E-state index contributed by atoms with van der Waals surface area (Å²) in [6.07, 6.45) is 0. The van der Waals surface area contributed by atoms with E-state index in [-0.39, 0.29) is 11.9 Å². The van der Waals surface area contributed by atoms with Crippen molar-refractivity contribution in [1.29, 1.82) is 0 Å². The number of hydrogen-bond donors (Lipinski definition) is 1. The molecule has 2 rings (SSSR count). The van der Waals surface area contributed by atoms with Crippen LogP contribution in [0, 0.1) is 0 Å². The molecule has 0 aromatic heterocycles. The monoisotopic (exact) mass is 283 g/mol. The summed E-state index contributed by atoms with van der Waals surface area (Å²) in [6.45, 7) is 5.67. The molecular formula is C18H21NO2. The van der Waals surface area contributed by atoms with Gasteiger partial charge in [-0.3, -0.25) is 4.79 Å². The number of para-hydroxylation sites is 1. The lowest BCUT2D eigenvalue weighted by molar-refractivity contribution is -0.136. The van der Waals surface area contributed by atoms with Gasteiger partial charge in [0.2, 0.25) is 5.60 Å². The van der Waals surface area contributed by atoms with Crippen molar-refractivity contribution in [3.05, 3.63) is 66.2 Å². The molecule has 0 radical (unpaired) electrons. The Hall–Kier alpha value is -2.29. The molecule has 0 spiro atoms. The van der Waals surface area contributed by atoms with Gasteiger partial charge in [0.05, 0.1) is 0 Å². The van der Waals surface area contributed by atoms with E-state index >= 15 is 0 Å². The highest BCUT2D eigenvalue weighted by atomic mass is 16.5. The number of ether oxygens (including phenoxy) is 1. The maximum Gasteiger partial charge on any atom is 0.268 e. The topological polar surface area (TPSA) is 38.3 Å². The molecule has 0 saturated carbocycles. The van der Waals surface area contributed by atoms with Crippen LogP contribution >= 0.6 is 0 Å². The molecule has 1 unspecified atom stereocenters. The highest BCUT2D eigenvalue weighted by Crippen LogP contribution is 2.28. The van der Waals surface area contributed by atoms with Crippen LogP contribution in [-0.4, -0.2) is 11.9 Å². The highest BCUT2D eigenvalue weighted by Gasteiger charge is 2.37. The molecule has 0 fully saturated rings. The fourth-order valence-corrected chi connectivity index (χ4v) is 2.12. The van der Waals surface area contributed by atoms with Crippen molar-refractivity contribution in [2.24, 2.45) is 0 Å². The van der Waals surface area contributed by atoms with E-state index in [4.69, 9.17) is 4.74 Å². The number of carbonyl (C=O) groups is 1. The predicted molar refractivity (Wildman–Crippen MR) is 84.1 cm³/mol. The first-order valence-corrected chi connectivity index (χ1v) is 7.13. The molecule has 1 amide bonds. The summed E-state index contributed by atoms with van der Waals surface area (Å²) in [5.74, 6) is 0.523. The van der Waals surface area contributed by atoms with Gasteiger partial charge in [0, 0.05) is 11.6 Å². The minimum absolute atomic E-state index is 0.0555. The summed E-state index contributed by atoms with van der Waals surface area (Å²) in [6, 6.07) is 19.0. The number of benzene rings is 2. The smallest absolute Gasteiger partial charge is 0.268 e. The Balaban J connectivity index is 2.37. The fourth-order valence-electron chi connectivity index (χ4n) is 2.12. The standard InChI is InChI=1S/C18H21NO2/c1-14(2)19-17(20)18(3,15-10-6-4-7-11-15)21-16-12-8-5-9-13-16/h4-14H,1-3H3,(H,19,20). The zero-order valence-electron chi connectivity index (χ0n) is 12.7. The molecule has 2 aromatic rings. The van der Waals surface area contributed by atoms with Crippen LogP contribution in [-0.2, 0) is 10.4 Å². The van der Waals surface area contributed by atoms with Crippen molar-refractivity contribution >= 4 is 5.91 Å². The van der Waals surface area contributed by atoms with Gasteiger partial charge in [0.15, 0.2) is 0 Å². The second-order valence-corrected chi connectivity index (χ2v) is 5.44. The number of amides is 1. The second kappa shape index (κ2) is 6.44. The molecule has 3 heteroatoms. The summed E-state index contributed by atoms with van der Waals surface area (Å²) in [5.41, 5.74) is -0.237. The van der Waals surface area contributed by atoms with E-state index in [2.05, 4.69) is 5.32 Å². The van der Waals surface area contributed by atoms with Gasteiger partial charge < -0.3 is 10.1 Å². The minimum Gasteiger partial charge on any atom is -0.473 e. The predicted octanol–water partition coefficient (Wildman–Crippen LogP) is 3.51. The molecule has 0 saturated heterocycles. The summed E-state index contributed by atoms with van der Waals surface area (Å²) < 4.78 is 6.04. The Morgan fingerprint density at radius 1 is 1.00 bits per heavy atom. The molecule has 0 aliphatic rings. The molecule has 21 heavy (non-hydrogen) atoms. The van der Waals surface area contributed by atoms with E-state index in [1.54, 1.807) is 6.92 Å². The first-order chi connectivity index (χ1) is 10.0. The van der Waals surface area contributed by atoms with Crippen LogP contribution in [0.25, 0.3) is 0 Å². The van der Waals surface area contributed by atoms with Crippen molar-refractivity contribution < 1.29 is 9.53 Å². The third-order valence-electron chi connectivity index (χ3n) is 3.24. The van der Waals surface area contributed by atoms with Crippen molar-refractivity contribution in [2.75, 3.05) is 0 Å². The lowest BCUT2D eigenvalue weighted by atomic mass is 9.94. The molecule has 110 valence electrons. The molecule has 0 aliphatic heterocycles. The van der Waals surface area contributed by atoms with Gasteiger partial charge in [0.25, 0.3) is 5.91 Å². The maximum absolute atomic E-state index is 12.6. The summed E-state index contributed by atoms with van der Waals surface area (Å²) in [4.78, 5) is 12.6. The van der Waals surface area contributed by atoms with Crippen LogP contribution in [0.15, 0.2) is 60.7 Å². The Kier molecular flexibility index (Phi) is 4.63. The zero-order chi connectivity index (χ0) is 15.3. The van der Waals surface area contributed by atoms with Gasteiger partial charge in [0.1, 0.15) is 5.75 Å². The average Bonchev–Trinajstić information content (AvgIpc) is 2.48. The van der Waals surface area contributed by atoms with Crippen LogP contribution in [0.5, 0.6) is 5.75 Å². The lowest BCUT2D eigenvalue weighted by Gasteiger charge is -2.30. The third-order valence-corrected chi connectivity index (χ3v) is 3.24. The number of nitrogens with one attached hydrogen (secondary N) is 1. The van der Waals surface area contributed by atoms with E-state index < -0.39 is 5.60 Å². The number of rotatable bonds is 5. The highest BCUT2D eigenvalue weighted by molar-refractivity contribution is 5.86. The molecule has 0 bridgehead atoms. The molecule has 1 N–H and O–H groups in total. The van der Waals surface area contributed by atoms with Gasteiger partial charge >= 0.3 is 0 Å². The minimum atomic E-state index is -1.06. The van der Waals surface area contributed by atoms with Crippen molar-refractivity contribution in [3.63, 3.8) is 0 Å². The second-order valence-electron chi connectivity index (χ2n) is 5.44. The number of hydrogen-bond acceptors (Lipinski definition) is 2. The zero-order valence-corrected chi connectivity index (χ0v) is 12.7. The van der Waals surface area contributed by atoms with Gasteiger partial charge in [-0.05, 0) is 32.9 Å². The number of carbonyl (C=O) groups excluding carboxylic acids is 1. The van der Waals surface area contributed by atoms with Crippen LogP contribution in [0.4, 0.5) is 0 Å². The van der Waals surface area contributed by atoms with Gasteiger partial charge in [-0.2, -0.15) is 0 Å². The van der Waals surface area contributed by atoms with Gasteiger partial charge in [-0.1, -0.05) is 48.5 Å². The Morgan fingerprint density at radius 2 is 1.52 bits per heavy atom. The quantitative estimate of drug-likeness (QED) is 0.912. The Morgan fingerprint density at radius 3 is 2.05 bits per heavy atom. The van der Waals surface area contributed by atoms with E-state index in [1.807, 2.05) is 74.5 Å². The average molecular weight is 283 g/mol. The molecule has 3 nitrogen and oxygen atoms in total. The van der Waals surface area contributed by atoms with Gasteiger partial charge in [-0.15, -0.1) is 0 Å². The largest absolute Gasteiger partial charge is 0.473 e. The SMILES string of the molecule is CC(C)NC(=O)C(C)(Oc1ccccc1)c1ccccc1. The Bertz CT molecular complexity index is 581. The van der Waals surface area contributed by atoms with Crippen molar-refractivity contribution in [3.8, 4) is 5.75 Å². The molecule has 0 aliphatic carbocycles. The van der Waals surface area contributed by atoms with Gasteiger partial charge in [-0.25, -0.2) is 0 Å². The molecule has 1 atom stereocenters. The van der Waals surface area contributed by atoms with E-state index in [1.165, 1.54) is 0 Å². The van der Waals surface area contributed by atoms with Crippen LogP contribution in [0.3, 0.4) is 0 Å². The summed E-state index contributed by atoms with van der Waals surface area (Å²) in [5, 5.41) is 2.94. The maximum atomic E-state index is 12.6. The van der Waals surface area contributed by atoms with Crippen molar-refractivity contribution in [1.82, 2.24) is 5.32 Å². The first-order valence-electron chi connectivity index (χ1n) is 7.13. The van der Waals surface area contributed by atoms with E-state index in [9.17, 15) is 4.79 Å². The molecule has 0 heterocycles. The summed E-state index contributed by atoms with van der Waals surface area (Å²) >= 11 is 0.